The minimum atomic E-state index is -0.0829. The van der Waals surface area contributed by atoms with Crippen molar-refractivity contribution in [2.75, 3.05) is 19.7 Å². The Labute approximate surface area is 141 Å². The number of aliphatic hydroxyl groups is 1. The zero-order valence-electron chi connectivity index (χ0n) is 12.7. The Morgan fingerprint density at radius 1 is 1.45 bits per heavy atom. The highest BCUT2D eigenvalue weighted by molar-refractivity contribution is 6.42. The van der Waals surface area contributed by atoms with Crippen molar-refractivity contribution >= 4 is 29.2 Å². The van der Waals surface area contributed by atoms with Crippen LogP contribution in [-0.4, -0.2) is 35.7 Å². The Bertz CT molecular complexity index is 525. The predicted octanol–water partition coefficient (Wildman–Crippen LogP) is 3.86. The third-order valence-corrected chi connectivity index (χ3v) is 4.79. The third-order valence-electron chi connectivity index (χ3n) is 4.05. The maximum Gasteiger partial charge on any atom is 0.317 e. The Morgan fingerprint density at radius 3 is 2.82 bits per heavy atom. The molecule has 4 nitrogen and oxygen atoms in total. The summed E-state index contributed by atoms with van der Waals surface area (Å²) < 4.78 is 0. The molecule has 0 aromatic heterocycles. The fraction of sp³-hybridized carbons (Fsp3) is 0.562. The number of rotatable bonds is 5. The van der Waals surface area contributed by atoms with Crippen LogP contribution >= 0.6 is 23.2 Å². The molecule has 2 atom stereocenters. The summed E-state index contributed by atoms with van der Waals surface area (Å²) in [7, 11) is 0. The SMILES string of the molecule is CCCC(NC(=O)N1CCC(CO)C1)c1ccc(Cl)c(Cl)c1. The molecule has 122 valence electrons. The van der Waals surface area contributed by atoms with Gasteiger partial charge in [-0.2, -0.15) is 0 Å². The van der Waals surface area contributed by atoms with Crippen LogP contribution in [-0.2, 0) is 0 Å². The summed E-state index contributed by atoms with van der Waals surface area (Å²) >= 11 is 12.0. The maximum atomic E-state index is 12.4. The van der Waals surface area contributed by atoms with Crippen LogP contribution in [0.3, 0.4) is 0 Å². The van der Waals surface area contributed by atoms with Crippen molar-refractivity contribution in [2.45, 2.75) is 32.2 Å². The van der Waals surface area contributed by atoms with E-state index in [0.29, 0.717) is 23.1 Å². The molecule has 1 aromatic carbocycles. The summed E-state index contributed by atoms with van der Waals surface area (Å²) in [6, 6.07) is 5.30. The van der Waals surface area contributed by atoms with Gasteiger partial charge >= 0.3 is 6.03 Å². The smallest absolute Gasteiger partial charge is 0.317 e. The molecule has 0 saturated carbocycles. The van der Waals surface area contributed by atoms with E-state index in [1.807, 2.05) is 12.1 Å². The highest BCUT2D eigenvalue weighted by Gasteiger charge is 2.27. The number of nitrogens with one attached hydrogen (secondary N) is 1. The molecule has 0 radical (unpaired) electrons. The number of halogens is 2. The Kier molecular flexibility index (Phi) is 6.36. The highest BCUT2D eigenvalue weighted by atomic mass is 35.5. The Balaban J connectivity index is 2.05. The van der Waals surface area contributed by atoms with Gasteiger partial charge in [0.05, 0.1) is 16.1 Å². The molecule has 1 aromatic rings. The van der Waals surface area contributed by atoms with Crippen molar-refractivity contribution in [3.05, 3.63) is 33.8 Å². The number of urea groups is 1. The number of hydrogen-bond acceptors (Lipinski definition) is 2. The van der Waals surface area contributed by atoms with Crippen LogP contribution in [0.1, 0.15) is 37.8 Å². The molecular formula is C16H22Cl2N2O2. The van der Waals surface area contributed by atoms with Gasteiger partial charge in [-0.25, -0.2) is 4.79 Å². The third kappa shape index (κ3) is 4.28. The molecule has 0 bridgehead atoms. The first-order chi connectivity index (χ1) is 10.5. The second-order valence-corrected chi connectivity index (χ2v) is 6.56. The second-order valence-electron chi connectivity index (χ2n) is 5.75. The minimum absolute atomic E-state index is 0.0829. The molecular weight excluding hydrogens is 323 g/mol. The average Bonchev–Trinajstić information content (AvgIpc) is 2.98. The molecule has 0 aliphatic carbocycles. The average molecular weight is 345 g/mol. The molecule has 1 fully saturated rings. The molecule has 0 spiro atoms. The van der Waals surface area contributed by atoms with E-state index < -0.39 is 0 Å². The zero-order valence-corrected chi connectivity index (χ0v) is 14.2. The van der Waals surface area contributed by atoms with Gasteiger partial charge in [0.25, 0.3) is 0 Å². The molecule has 1 heterocycles. The van der Waals surface area contributed by atoms with Crippen LogP contribution < -0.4 is 5.32 Å². The van der Waals surface area contributed by atoms with E-state index in [9.17, 15) is 9.90 Å². The summed E-state index contributed by atoms with van der Waals surface area (Å²) in [5.74, 6) is 0.195. The van der Waals surface area contributed by atoms with E-state index in [1.54, 1.807) is 11.0 Å². The second kappa shape index (κ2) is 8.04. The van der Waals surface area contributed by atoms with Crippen molar-refractivity contribution in [1.29, 1.82) is 0 Å². The molecule has 2 amide bonds. The van der Waals surface area contributed by atoms with Crippen LogP contribution in [0.4, 0.5) is 4.79 Å². The van der Waals surface area contributed by atoms with Gasteiger partial charge < -0.3 is 15.3 Å². The number of hydrogen-bond donors (Lipinski definition) is 2. The van der Waals surface area contributed by atoms with Gasteiger partial charge in [0.2, 0.25) is 0 Å². The van der Waals surface area contributed by atoms with E-state index in [0.717, 1.165) is 24.8 Å². The lowest BCUT2D eigenvalue weighted by atomic mass is 10.0. The number of carbonyl (C=O) groups is 1. The van der Waals surface area contributed by atoms with Crippen molar-refractivity contribution in [3.63, 3.8) is 0 Å². The minimum Gasteiger partial charge on any atom is -0.396 e. The van der Waals surface area contributed by atoms with Crippen molar-refractivity contribution in [3.8, 4) is 0 Å². The molecule has 2 N–H and O–H groups in total. The first-order valence-electron chi connectivity index (χ1n) is 7.66. The predicted molar refractivity (Wildman–Crippen MR) is 89.4 cm³/mol. The number of amides is 2. The van der Waals surface area contributed by atoms with E-state index in [-0.39, 0.29) is 24.6 Å². The largest absolute Gasteiger partial charge is 0.396 e. The normalized spacial score (nSPS) is 19.3. The van der Waals surface area contributed by atoms with Crippen LogP contribution in [0.5, 0.6) is 0 Å². The molecule has 2 rings (SSSR count). The zero-order chi connectivity index (χ0) is 16.1. The topological polar surface area (TPSA) is 52.6 Å². The fourth-order valence-electron chi connectivity index (χ4n) is 2.75. The lowest BCUT2D eigenvalue weighted by molar-refractivity contribution is 0.194. The first-order valence-corrected chi connectivity index (χ1v) is 8.42. The van der Waals surface area contributed by atoms with E-state index >= 15 is 0 Å². The Morgan fingerprint density at radius 2 is 2.23 bits per heavy atom. The molecule has 6 heteroatoms. The number of carbonyl (C=O) groups excluding carboxylic acids is 1. The van der Waals surface area contributed by atoms with E-state index in [1.165, 1.54) is 0 Å². The number of likely N-dealkylation sites (tertiary alicyclic amines) is 1. The highest BCUT2D eigenvalue weighted by Crippen LogP contribution is 2.28. The van der Waals surface area contributed by atoms with Gasteiger partial charge in [-0.3, -0.25) is 0 Å². The molecule has 1 aliphatic heterocycles. The number of nitrogens with zero attached hydrogens (tertiary/aromatic N) is 1. The van der Waals surface area contributed by atoms with Gasteiger partial charge in [-0.05, 0) is 30.5 Å². The van der Waals surface area contributed by atoms with E-state index in [2.05, 4.69) is 12.2 Å². The summed E-state index contributed by atoms with van der Waals surface area (Å²) in [4.78, 5) is 14.2. The van der Waals surface area contributed by atoms with Crippen molar-refractivity contribution < 1.29 is 9.90 Å². The summed E-state index contributed by atoms with van der Waals surface area (Å²) in [5.41, 5.74) is 0.961. The van der Waals surface area contributed by atoms with Gasteiger partial charge in [0, 0.05) is 25.6 Å². The van der Waals surface area contributed by atoms with Crippen LogP contribution in [0.2, 0.25) is 10.0 Å². The fourth-order valence-corrected chi connectivity index (χ4v) is 3.05. The standard InChI is InChI=1S/C16H22Cl2N2O2/c1-2-3-15(12-4-5-13(17)14(18)8-12)19-16(22)20-7-6-11(9-20)10-21/h4-5,8,11,15,21H,2-3,6-7,9-10H2,1H3,(H,19,22). The van der Waals surface area contributed by atoms with Crippen LogP contribution in [0, 0.1) is 5.92 Å². The van der Waals surface area contributed by atoms with Crippen molar-refractivity contribution in [1.82, 2.24) is 10.2 Å². The van der Waals surface area contributed by atoms with Crippen LogP contribution in [0.25, 0.3) is 0 Å². The molecule has 22 heavy (non-hydrogen) atoms. The number of benzene rings is 1. The first kappa shape index (κ1) is 17.4. The van der Waals surface area contributed by atoms with Gasteiger partial charge in [0.1, 0.15) is 0 Å². The van der Waals surface area contributed by atoms with Gasteiger partial charge in [0.15, 0.2) is 0 Å². The quantitative estimate of drug-likeness (QED) is 0.851. The Hall–Kier alpha value is -0.970. The summed E-state index contributed by atoms with van der Waals surface area (Å²) in [5, 5.41) is 13.3. The van der Waals surface area contributed by atoms with E-state index in [4.69, 9.17) is 23.2 Å². The monoisotopic (exact) mass is 344 g/mol. The van der Waals surface area contributed by atoms with Gasteiger partial charge in [-0.1, -0.05) is 42.6 Å². The maximum absolute atomic E-state index is 12.4. The van der Waals surface area contributed by atoms with Crippen LogP contribution in [0.15, 0.2) is 18.2 Å². The molecule has 1 saturated heterocycles. The lowest BCUT2D eigenvalue weighted by Crippen LogP contribution is -2.40. The summed E-state index contributed by atoms with van der Waals surface area (Å²) in [6.45, 7) is 3.52. The molecule has 2 unspecified atom stereocenters. The lowest BCUT2D eigenvalue weighted by Gasteiger charge is -2.24. The van der Waals surface area contributed by atoms with Gasteiger partial charge in [-0.15, -0.1) is 0 Å². The van der Waals surface area contributed by atoms with Crippen molar-refractivity contribution in [2.24, 2.45) is 5.92 Å². The summed E-state index contributed by atoms with van der Waals surface area (Å²) in [6.07, 6.45) is 2.64. The number of aliphatic hydroxyl groups excluding tert-OH is 1. The molecule has 1 aliphatic rings.